The number of nitrogens with one attached hydrogen (secondary N) is 1. The van der Waals surface area contributed by atoms with E-state index in [1.165, 1.54) is 17.4 Å². The van der Waals surface area contributed by atoms with E-state index >= 15 is 0 Å². The molecule has 0 atom stereocenters. The van der Waals surface area contributed by atoms with Gasteiger partial charge in [-0.05, 0) is 25.1 Å². The van der Waals surface area contributed by atoms with Gasteiger partial charge >= 0.3 is 5.69 Å². The molecule has 9 heteroatoms. The molecule has 0 unspecified atom stereocenters. The number of carbonyl (C=O) groups is 1. The maximum Gasteiger partial charge on any atom is 0.303 e. The number of piperidine rings is 1. The van der Waals surface area contributed by atoms with Crippen molar-refractivity contribution >= 4 is 33.6 Å². The lowest BCUT2D eigenvalue weighted by Gasteiger charge is -2.31. The molecule has 2 aromatic heterocycles. The molecule has 3 rings (SSSR count). The van der Waals surface area contributed by atoms with Crippen molar-refractivity contribution in [3.8, 4) is 0 Å². The fraction of sp³-hybridized carbons (Fsp3) is 0.467. The summed E-state index contributed by atoms with van der Waals surface area (Å²) in [6, 6.07) is 1.53. The largest absolute Gasteiger partial charge is 0.358 e. The van der Waals surface area contributed by atoms with Crippen LogP contribution in [0.4, 0.5) is 16.4 Å². The van der Waals surface area contributed by atoms with Crippen molar-refractivity contribution in [1.82, 2.24) is 9.78 Å². The normalized spacial score (nSPS) is 15.5. The highest BCUT2D eigenvalue weighted by Crippen LogP contribution is 2.36. The number of hydrogen-bond acceptors (Lipinski definition) is 6. The van der Waals surface area contributed by atoms with Gasteiger partial charge in [0.05, 0.1) is 16.8 Å². The molecule has 1 aliphatic heterocycles. The molecule has 1 aliphatic rings. The molecule has 128 valence electrons. The molecule has 1 fully saturated rings. The third kappa shape index (κ3) is 3.40. The van der Waals surface area contributed by atoms with Gasteiger partial charge in [-0.3, -0.25) is 19.6 Å². The van der Waals surface area contributed by atoms with Crippen LogP contribution in [0.3, 0.4) is 0 Å². The fourth-order valence-electron chi connectivity index (χ4n) is 2.86. The average molecular weight is 349 g/mol. The standard InChI is InChI=1S/C15H19N5O3S/c1-2-19-10-12(9-16-19)17-14(21)11-3-6-18(7-4-11)15-13(20(22)23)5-8-24-15/h5,8-11H,2-4,6-7H2,1H3,(H,17,21). The van der Waals surface area contributed by atoms with E-state index in [9.17, 15) is 14.9 Å². The van der Waals surface area contributed by atoms with Crippen LogP contribution in [0, 0.1) is 16.0 Å². The molecule has 1 saturated heterocycles. The number of amides is 1. The zero-order valence-corrected chi connectivity index (χ0v) is 14.2. The topological polar surface area (TPSA) is 93.3 Å². The highest BCUT2D eigenvalue weighted by Gasteiger charge is 2.29. The SMILES string of the molecule is CCn1cc(NC(=O)C2CCN(c3sccc3[N+](=O)[O-])CC2)cn1. The second-order valence-electron chi connectivity index (χ2n) is 5.70. The van der Waals surface area contributed by atoms with E-state index in [4.69, 9.17) is 0 Å². The quantitative estimate of drug-likeness (QED) is 0.662. The third-order valence-electron chi connectivity index (χ3n) is 4.20. The van der Waals surface area contributed by atoms with E-state index in [2.05, 4.69) is 10.4 Å². The van der Waals surface area contributed by atoms with E-state index in [0.717, 1.165) is 6.54 Å². The molecule has 24 heavy (non-hydrogen) atoms. The monoisotopic (exact) mass is 349 g/mol. The third-order valence-corrected chi connectivity index (χ3v) is 5.16. The van der Waals surface area contributed by atoms with E-state index in [-0.39, 0.29) is 22.4 Å². The minimum atomic E-state index is -0.351. The zero-order valence-electron chi connectivity index (χ0n) is 13.3. The van der Waals surface area contributed by atoms with E-state index in [1.54, 1.807) is 16.3 Å². The minimum absolute atomic E-state index is 0.00835. The Kier molecular flexibility index (Phi) is 4.79. The predicted octanol–water partition coefficient (Wildman–Crippen LogP) is 2.73. The molecule has 2 aromatic rings. The predicted molar refractivity (Wildman–Crippen MR) is 92.4 cm³/mol. The van der Waals surface area contributed by atoms with Crippen LogP contribution in [-0.2, 0) is 11.3 Å². The van der Waals surface area contributed by atoms with Crippen molar-refractivity contribution in [1.29, 1.82) is 0 Å². The molecule has 1 amide bonds. The average Bonchev–Trinajstić information content (AvgIpc) is 3.24. The maximum absolute atomic E-state index is 12.4. The summed E-state index contributed by atoms with van der Waals surface area (Å²) in [6.45, 7) is 4.03. The number of rotatable bonds is 5. The summed E-state index contributed by atoms with van der Waals surface area (Å²) in [5.41, 5.74) is 0.855. The number of nitro groups is 1. The molecular formula is C15H19N5O3S. The Balaban J connectivity index is 1.57. The minimum Gasteiger partial charge on any atom is -0.358 e. The van der Waals surface area contributed by atoms with Crippen LogP contribution >= 0.6 is 11.3 Å². The number of thiophene rings is 1. The number of aromatic nitrogens is 2. The van der Waals surface area contributed by atoms with Gasteiger partial charge in [-0.1, -0.05) is 0 Å². The highest BCUT2D eigenvalue weighted by molar-refractivity contribution is 7.14. The summed E-state index contributed by atoms with van der Waals surface area (Å²) in [5.74, 6) is -0.0868. The number of aryl methyl sites for hydroxylation is 1. The molecule has 0 radical (unpaired) electrons. The second kappa shape index (κ2) is 7.00. The van der Waals surface area contributed by atoms with Crippen LogP contribution in [0.25, 0.3) is 0 Å². The molecule has 0 aliphatic carbocycles. The van der Waals surface area contributed by atoms with Gasteiger partial charge in [-0.2, -0.15) is 5.10 Å². The van der Waals surface area contributed by atoms with Crippen molar-refractivity contribution in [3.05, 3.63) is 34.0 Å². The molecule has 8 nitrogen and oxygen atoms in total. The van der Waals surface area contributed by atoms with Crippen molar-refractivity contribution in [2.45, 2.75) is 26.3 Å². The van der Waals surface area contributed by atoms with E-state index < -0.39 is 0 Å². The van der Waals surface area contributed by atoms with Gasteiger partial charge in [-0.15, -0.1) is 11.3 Å². The Hall–Kier alpha value is -2.42. The van der Waals surface area contributed by atoms with Gasteiger partial charge in [0.25, 0.3) is 0 Å². The van der Waals surface area contributed by atoms with Crippen LogP contribution in [0.2, 0.25) is 0 Å². The summed E-state index contributed by atoms with van der Waals surface area (Å²) in [5, 5.41) is 20.5. The molecule has 0 saturated carbocycles. The van der Waals surface area contributed by atoms with Gasteiger partial charge in [0.2, 0.25) is 5.91 Å². The highest BCUT2D eigenvalue weighted by atomic mass is 32.1. The first-order valence-corrected chi connectivity index (χ1v) is 8.76. The fourth-order valence-corrected chi connectivity index (χ4v) is 3.78. The van der Waals surface area contributed by atoms with Gasteiger partial charge in [0.15, 0.2) is 5.00 Å². The number of carbonyl (C=O) groups excluding carboxylic acids is 1. The van der Waals surface area contributed by atoms with Crippen molar-refractivity contribution in [3.63, 3.8) is 0 Å². The van der Waals surface area contributed by atoms with Gasteiger partial charge in [-0.25, -0.2) is 0 Å². The number of hydrogen-bond donors (Lipinski definition) is 1. The summed E-state index contributed by atoms with van der Waals surface area (Å²) in [4.78, 5) is 25.1. The Morgan fingerprint density at radius 3 is 2.88 bits per heavy atom. The van der Waals surface area contributed by atoms with Crippen LogP contribution in [0.5, 0.6) is 0 Å². The molecular weight excluding hydrogens is 330 g/mol. The first kappa shape index (κ1) is 16.4. The lowest BCUT2D eigenvalue weighted by molar-refractivity contribution is -0.383. The van der Waals surface area contributed by atoms with E-state index in [0.29, 0.717) is 36.6 Å². The number of nitrogens with zero attached hydrogens (tertiary/aromatic N) is 4. The molecule has 0 aromatic carbocycles. The van der Waals surface area contributed by atoms with E-state index in [1.807, 2.05) is 18.0 Å². The number of anilines is 2. The Morgan fingerprint density at radius 1 is 1.50 bits per heavy atom. The van der Waals surface area contributed by atoms with Crippen molar-refractivity contribution < 1.29 is 9.72 Å². The van der Waals surface area contributed by atoms with Crippen LogP contribution < -0.4 is 10.2 Å². The van der Waals surface area contributed by atoms with Crippen molar-refractivity contribution in [2.75, 3.05) is 23.3 Å². The first-order valence-electron chi connectivity index (χ1n) is 7.88. The lowest BCUT2D eigenvalue weighted by Crippen LogP contribution is -2.38. The van der Waals surface area contributed by atoms with Gasteiger partial charge in [0.1, 0.15) is 0 Å². The molecule has 0 bridgehead atoms. The summed E-state index contributed by atoms with van der Waals surface area (Å²) in [7, 11) is 0. The second-order valence-corrected chi connectivity index (χ2v) is 6.60. The zero-order chi connectivity index (χ0) is 17.1. The Labute approximate surface area is 143 Å². The first-order chi connectivity index (χ1) is 11.6. The summed E-state index contributed by atoms with van der Waals surface area (Å²) in [6.07, 6.45) is 4.82. The lowest BCUT2D eigenvalue weighted by atomic mass is 9.96. The Bertz CT molecular complexity index is 733. The summed E-state index contributed by atoms with van der Waals surface area (Å²) < 4.78 is 1.76. The Morgan fingerprint density at radius 2 is 2.25 bits per heavy atom. The van der Waals surface area contributed by atoms with Crippen LogP contribution in [0.1, 0.15) is 19.8 Å². The maximum atomic E-state index is 12.4. The van der Waals surface area contributed by atoms with Crippen LogP contribution in [-0.4, -0.2) is 33.7 Å². The van der Waals surface area contributed by atoms with Crippen LogP contribution in [0.15, 0.2) is 23.8 Å². The van der Waals surface area contributed by atoms with Crippen molar-refractivity contribution in [2.24, 2.45) is 5.92 Å². The molecule has 1 N–H and O–H groups in total. The molecule has 3 heterocycles. The molecule has 0 spiro atoms. The smallest absolute Gasteiger partial charge is 0.303 e. The summed E-state index contributed by atoms with van der Waals surface area (Å²) >= 11 is 1.37. The van der Waals surface area contributed by atoms with Gasteiger partial charge < -0.3 is 10.2 Å². The van der Waals surface area contributed by atoms with Gasteiger partial charge in [0, 0.05) is 37.8 Å².